The summed E-state index contributed by atoms with van der Waals surface area (Å²) in [4.78, 5) is 2.65. The van der Waals surface area contributed by atoms with Gasteiger partial charge in [-0.15, -0.1) is 0 Å². The summed E-state index contributed by atoms with van der Waals surface area (Å²) < 4.78 is 0. The minimum Gasteiger partial charge on any atom is -0.390 e. The van der Waals surface area contributed by atoms with E-state index in [0.717, 1.165) is 44.8 Å². The van der Waals surface area contributed by atoms with Gasteiger partial charge in [0.05, 0.1) is 5.60 Å². The van der Waals surface area contributed by atoms with E-state index in [1.54, 1.807) is 0 Å². The summed E-state index contributed by atoms with van der Waals surface area (Å²) in [5, 5.41) is 10.3. The summed E-state index contributed by atoms with van der Waals surface area (Å²) in [5.41, 5.74) is 5.58. The average molecular weight is 282 g/mol. The van der Waals surface area contributed by atoms with Crippen LogP contribution in [-0.4, -0.2) is 41.3 Å². The van der Waals surface area contributed by atoms with Crippen LogP contribution < -0.4 is 5.73 Å². The molecule has 1 heterocycles. The highest BCUT2D eigenvalue weighted by molar-refractivity contribution is 4.90. The fourth-order valence-electron chi connectivity index (χ4n) is 4.30. The number of nitrogens with two attached hydrogens (primary N) is 1. The lowest BCUT2D eigenvalue weighted by molar-refractivity contribution is 0.0360. The van der Waals surface area contributed by atoms with E-state index < -0.39 is 5.60 Å². The number of likely N-dealkylation sites (tertiary alicyclic amines) is 1. The van der Waals surface area contributed by atoms with Crippen LogP contribution in [0.4, 0.5) is 0 Å². The van der Waals surface area contributed by atoms with Crippen molar-refractivity contribution in [1.29, 1.82) is 0 Å². The summed E-state index contributed by atoms with van der Waals surface area (Å²) in [5.74, 6) is 1.57. The molecule has 0 amide bonds. The molecule has 0 bridgehead atoms. The molecule has 0 aromatic heterocycles. The maximum atomic E-state index is 10.3. The van der Waals surface area contributed by atoms with Gasteiger partial charge in [0.25, 0.3) is 0 Å². The standard InChI is InChI=1S/C17H34N2O/c1-3-5-14-6-7-15(13-18)16(12-14)19-10-4-8-17(2,20)9-11-19/h14-16,20H,3-13,18H2,1-2H3. The number of hydrogen-bond donors (Lipinski definition) is 2. The molecule has 0 radical (unpaired) electrons. The van der Waals surface area contributed by atoms with E-state index in [1.807, 2.05) is 6.92 Å². The van der Waals surface area contributed by atoms with Gasteiger partial charge in [0.1, 0.15) is 0 Å². The van der Waals surface area contributed by atoms with Gasteiger partial charge in [0, 0.05) is 12.6 Å². The van der Waals surface area contributed by atoms with Crippen LogP contribution in [0.25, 0.3) is 0 Å². The molecule has 0 spiro atoms. The second-order valence-corrected chi connectivity index (χ2v) is 7.42. The van der Waals surface area contributed by atoms with E-state index in [9.17, 15) is 5.11 Å². The number of rotatable bonds is 4. The molecule has 1 saturated heterocycles. The Labute approximate surface area is 124 Å². The van der Waals surface area contributed by atoms with E-state index in [4.69, 9.17) is 5.73 Å². The Balaban J connectivity index is 1.99. The molecular formula is C17H34N2O. The molecule has 1 aliphatic carbocycles. The minimum atomic E-state index is -0.454. The first kappa shape index (κ1) is 16.3. The van der Waals surface area contributed by atoms with Crippen molar-refractivity contribution in [3.8, 4) is 0 Å². The van der Waals surface area contributed by atoms with Crippen LogP contribution in [0, 0.1) is 11.8 Å². The van der Waals surface area contributed by atoms with Crippen molar-refractivity contribution in [1.82, 2.24) is 4.90 Å². The third kappa shape index (κ3) is 4.19. The van der Waals surface area contributed by atoms with Crippen molar-refractivity contribution >= 4 is 0 Å². The van der Waals surface area contributed by atoms with Crippen LogP contribution in [0.3, 0.4) is 0 Å². The van der Waals surface area contributed by atoms with Crippen molar-refractivity contribution in [2.75, 3.05) is 19.6 Å². The Morgan fingerprint density at radius 2 is 2.05 bits per heavy atom. The van der Waals surface area contributed by atoms with Gasteiger partial charge in [0.2, 0.25) is 0 Å². The normalized spacial score (nSPS) is 40.5. The largest absolute Gasteiger partial charge is 0.390 e. The summed E-state index contributed by atoms with van der Waals surface area (Å²) in [7, 11) is 0. The van der Waals surface area contributed by atoms with Gasteiger partial charge >= 0.3 is 0 Å². The van der Waals surface area contributed by atoms with Crippen molar-refractivity contribution < 1.29 is 5.11 Å². The predicted molar refractivity (Wildman–Crippen MR) is 84.6 cm³/mol. The highest BCUT2D eigenvalue weighted by Crippen LogP contribution is 2.36. The van der Waals surface area contributed by atoms with Crippen molar-refractivity contribution in [2.45, 2.75) is 76.9 Å². The fourth-order valence-corrected chi connectivity index (χ4v) is 4.30. The van der Waals surface area contributed by atoms with E-state index in [-0.39, 0.29) is 0 Å². The maximum Gasteiger partial charge on any atom is 0.0632 e. The van der Waals surface area contributed by atoms with Gasteiger partial charge in [0.15, 0.2) is 0 Å². The first-order valence-corrected chi connectivity index (χ1v) is 8.72. The monoisotopic (exact) mass is 282 g/mol. The van der Waals surface area contributed by atoms with Crippen molar-refractivity contribution in [3.63, 3.8) is 0 Å². The lowest BCUT2D eigenvalue weighted by atomic mass is 9.76. The summed E-state index contributed by atoms with van der Waals surface area (Å²) in [6.07, 6.45) is 9.67. The van der Waals surface area contributed by atoms with E-state index in [1.165, 1.54) is 32.1 Å². The predicted octanol–water partition coefficient (Wildman–Crippen LogP) is 2.77. The van der Waals surface area contributed by atoms with E-state index in [0.29, 0.717) is 12.0 Å². The van der Waals surface area contributed by atoms with Crippen LogP contribution in [0.5, 0.6) is 0 Å². The Morgan fingerprint density at radius 1 is 1.25 bits per heavy atom. The number of aliphatic hydroxyl groups is 1. The van der Waals surface area contributed by atoms with Crippen LogP contribution in [0.2, 0.25) is 0 Å². The molecule has 3 nitrogen and oxygen atoms in total. The second kappa shape index (κ2) is 7.24. The average Bonchev–Trinajstić information content (AvgIpc) is 2.60. The van der Waals surface area contributed by atoms with Crippen LogP contribution in [-0.2, 0) is 0 Å². The molecule has 4 unspecified atom stereocenters. The van der Waals surface area contributed by atoms with Gasteiger partial charge in [-0.3, -0.25) is 4.90 Å². The van der Waals surface area contributed by atoms with Crippen LogP contribution in [0.15, 0.2) is 0 Å². The molecular weight excluding hydrogens is 248 g/mol. The lowest BCUT2D eigenvalue weighted by Gasteiger charge is -2.42. The molecule has 20 heavy (non-hydrogen) atoms. The zero-order valence-corrected chi connectivity index (χ0v) is 13.5. The van der Waals surface area contributed by atoms with Gasteiger partial charge in [-0.05, 0) is 64.0 Å². The quantitative estimate of drug-likeness (QED) is 0.833. The highest BCUT2D eigenvalue weighted by Gasteiger charge is 2.35. The third-order valence-electron chi connectivity index (χ3n) is 5.63. The second-order valence-electron chi connectivity index (χ2n) is 7.42. The smallest absolute Gasteiger partial charge is 0.0632 e. The van der Waals surface area contributed by atoms with Gasteiger partial charge in [-0.25, -0.2) is 0 Å². The number of nitrogens with zero attached hydrogens (tertiary/aromatic N) is 1. The first-order valence-electron chi connectivity index (χ1n) is 8.72. The van der Waals surface area contributed by atoms with Gasteiger partial charge in [-0.1, -0.05) is 26.2 Å². The molecule has 4 atom stereocenters. The lowest BCUT2D eigenvalue weighted by Crippen LogP contribution is -2.47. The molecule has 1 aliphatic heterocycles. The Bertz CT molecular complexity index is 293. The Morgan fingerprint density at radius 3 is 2.75 bits per heavy atom. The number of hydrogen-bond acceptors (Lipinski definition) is 3. The summed E-state index contributed by atoms with van der Waals surface area (Å²) in [6, 6.07) is 0.666. The van der Waals surface area contributed by atoms with Crippen LogP contribution in [0.1, 0.15) is 65.2 Å². The Kier molecular flexibility index (Phi) is 5.88. The molecule has 3 heteroatoms. The maximum absolute atomic E-state index is 10.3. The zero-order valence-electron chi connectivity index (χ0n) is 13.5. The van der Waals surface area contributed by atoms with E-state index in [2.05, 4.69) is 11.8 Å². The molecule has 2 fully saturated rings. The molecule has 0 aromatic rings. The molecule has 2 rings (SSSR count). The van der Waals surface area contributed by atoms with Crippen molar-refractivity contribution in [3.05, 3.63) is 0 Å². The van der Waals surface area contributed by atoms with Gasteiger partial charge in [-0.2, -0.15) is 0 Å². The van der Waals surface area contributed by atoms with Gasteiger partial charge < -0.3 is 10.8 Å². The van der Waals surface area contributed by atoms with E-state index >= 15 is 0 Å². The minimum absolute atomic E-state index is 0.454. The SMILES string of the molecule is CCCC1CCC(CN)C(N2CCCC(C)(O)CC2)C1. The summed E-state index contributed by atoms with van der Waals surface area (Å²) in [6.45, 7) is 7.32. The molecule has 3 N–H and O–H groups in total. The molecule has 0 aromatic carbocycles. The summed E-state index contributed by atoms with van der Waals surface area (Å²) >= 11 is 0. The third-order valence-corrected chi connectivity index (χ3v) is 5.63. The molecule has 1 saturated carbocycles. The molecule has 2 aliphatic rings. The topological polar surface area (TPSA) is 49.5 Å². The van der Waals surface area contributed by atoms with Crippen LogP contribution >= 0.6 is 0 Å². The fraction of sp³-hybridized carbons (Fsp3) is 1.00. The highest BCUT2D eigenvalue weighted by atomic mass is 16.3. The first-order chi connectivity index (χ1) is 9.55. The Hall–Kier alpha value is -0.120. The van der Waals surface area contributed by atoms with Crippen molar-refractivity contribution in [2.24, 2.45) is 17.6 Å². The zero-order chi connectivity index (χ0) is 14.6. The molecule has 118 valence electrons.